The number of benzene rings is 2. The molecule has 0 unspecified atom stereocenters. The first-order valence-corrected chi connectivity index (χ1v) is 11.1. The predicted molar refractivity (Wildman–Crippen MR) is 117 cm³/mol. The van der Waals surface area contributed by atoms with Crippen molar-refractivity contribution < 1.29 is 14.3 Å². The van der Waals surface area contributed by atoms with Gasteiger partial charge in [0.1, 0.15) is 6.04 Å². The highest BCUT2D eigenvalue weighted by molar-refractivity contribution is 7.99. The van der Waals surface area contributed by atoms with E-state index in [2.05, 4.69) is 22.8 Å². The van der Waals surface area contributed by atoms with Gasteiger partial charge in [-0.25, -0.2) is 0 Å². The highest BCUT2D eigenvalue weighted by Crippen LogP contribution is 2.30. The van der Waals surface area contributed by atoms with Gasteiger partial charge < -0.3 is 10.1 Å². The van der Waals surface area contributed by atoms with E-state index in [9.17, 15) is 9.59 Å². The van der Waals surface area contributed by atoms with Crippen molar-refractivity contribution in [2.24, 2.45) is 0 Å². The number of carbonyl (C=O) groups is 2. The summed E-state index contributed by atoms with van der Waals surface area (Å²) in [6.07, 6.45) is 1.32. The maximum Gasteiger partial charge on any atom is 0.323 e. The van der Waals surface area contributed by atoms with Gasteiger partial charge in [0, 0.05) is 17.5 Å². The van der Waals surface area contributed by atoms with Gasteiger partial charge >= 0.3 is 5.97 Å². The number of amides is 1. The van der Waals surface area contributed by atoms with E-state index < -0.39 is 12.1 Å². The third-order valence-electron chi connectivity index (χ3n) is 4.95. The first-order valence-electron chi connectivity index (χ1n) is 10.1. The molecule has 3 atom stereocenters. The van der Waals surface area contributed by atoms with Crippen LogP contribution in [0.2, 0.25) is 0 Å². The van der Waals surface area contributed by atoms with E-state index in [4.69, 9.17) is 4.74 Å². The Labute approximate surface area is 176 Å². The summed E-state index contributed by atoms with van der Waals surface area (Å²) in [6.45, 7) is 2.70. The molecule has 1 amide bonds. The summed E-state index contributed by atoms with van der Waals surface area (Å²) < 4.78 is 5.25. The SMILES string of the molecule is CCOC(=O)[C@H](CCc1ccccc1)N[C@H]1CS[C@H](c2ccccc2)CNC1=O. The molecule has 154 valence electrons. The van der Waals surface area contributed by atoms with Crippen molar-refractivity contribution in [3.05, 3.63) is 71.8 Å². The fraction of sp³-hybridized carbons (Fsp3) is 0.391. The minimum atomic E-state index is -0.514. The van der Waals surface area contributed by atoms with Gasteiger partial charge in [-0.1, -0.05) is 60.7 Å². The quantitative estimate of drug-likeness (QED) is 0.652. The minimum absolute atomic E-state index is 0.0649. The van der Waals surface area contributed by atoms with Crippen LogP contribution in [-0.2, 0) is 20.7 Å². The van der Waals surface area contributed by atoms with Crippen LogP contribution >= 0.6 is 11.8 Å². The van der Waals surface area contributed by atoms with Crippen molar-refractivity contribution in [3.8, 4) is 0 Å². The Balaban J connectivity index is 1.63. The number of nitrogens with one attached hydrogen (secondary N) is 2. The Hall–Kier alpha value is -2.31. The van der Waals surface area contributed by atoms with Gasteiger partial charge in [0.15, 0.2) is 0 Å². The molecule has 2 aromatic carbocycles. The molecule has 0 saturated carbocycles. The lowest BCUT2D eigenvalue weighted by Gasteiger charge is -2.22. The van der Waals surface area contributed by atoms with Crippen molar-refractivity contribution in [2.45, 2.75) is 37.1 Å². The summed E-state index contributed by atoms with van der Waals surface area (Å²) >= 11 is 1.73. The number of aryl methyl sites for hydroxylation is 1. The van der Waals surface area contributed by atoms with E-state index in [-0.39, 0.29) is 17.1 Å². The topological polar surface area (TPSA) is 67.4 Å². The standard InChI is InChI=1S/C23H28N2O3S/c1-2-28-23(27)19(14-13-17-9-5-3-6-10-17)25-20-16-29-21(15-24-22(20)26)18-11-7-4-8-12-18/h3-12,19-21,25H,2,13-16H2,1H3,(H,24,26)/t19-,20-,21-/m0/s1. The Morgan fingerprint density at radius 3 is 2.55 bits per heavy atom. The molecule has 0 aromatic heterocycles. The second-order valence-electron chi connectivity index (χ2n) is 7.03. The molecule has 1 aliphatic rings. The van der Waals surface area contributed by atoms with Crippen LogP contribution in [0.3, 0.4) is 0 Å². The Bertz CT molecular complexity index is 785. The van der Waals surface area contributed by atoms with E-state index in [0.717, 1.165) is 12.0 Å². The molecule has 3 rings (SSSR count). The summed E-state index contributed by atoms with van der Waals surface area (Å²) in [4.78, 5) is 25.1. The highest BCUT2D eigenvalue weighted by Gasteiger charge is 2.30. The van der Waals surface area contributed by atoms with Gasteiger partial charge in [-0.15, -0.1) is 11.8 Å². The van der Waals surface area contributed by atoms with Gasteiger partial charge in [-0.05, 0) is 30.9 Å². The molecule has 0 aliphatic carbocycles. The van der Waals surface area contributed by atoms with Crippen LogP contribution in [0.25, 0.3) is 0 Å². The van der Waals surface area contributed by atoms with Gasteiger partial charge in [0.05, 0.1) is 12.6 Å². The number of hydrogen-bond donors (Lipinski definition) is 2. The summed E-state index contributed by atoms with van der Waals surface area (Å²) in [7, 11) is 0. The van der Waals surface area contributed by atoms with Gasteiger partial charge in [0.2, 0.25) is 5.91 Å². The van der Waals surface area contributed by atoms with Crippen molar-refractivity contribution in [3.63, 3.8) is 0 Å². The second kappa shape index (κ2) is 11.0. The first kappa shape index (κ1) is 21.4. The number of rotatable bonds is 8. The summed E-state index contributed by atoms with van der Waals surface area (Å²) in [6, 6.07) is 19.3. The van der Waals surface area contributed by atoms with E-state index in [1.807, 2.05) is 48.5 Å². The molecule has 0 spiro atoms. The number of carbonyl (C=O) groups excluding carboxylic acids is 2. The molecule has 1 aliphatic heterocycles. The molecule has 5 nitrogen and oxygen atoms in total. The predicted octanol–water partition coefficient (Wildman–Crippen LogP) is 3.11. The van der Waals surface area contributed by atoms with Crippen LogP contribution in [0, 0.1) is 0 Å². The smallest absolute Gasteiger partial charge is 0.323 e. The van der Waals surface area contributed by atoms with E-state index in [1.54, 1.807) is 18.7 Å². The van der Waals surface area contributed by atoms with Crippen LogP contribution in [-0.4, -0.2) is 42.9 Å². The van der Waals surface area contributed by atoms with Crippen LogP contribution in [0.15, 0.2) is 60.7 Å². The van der Waals surface area contributed by atoms with Crippen molar-refractivity contribution in [1.82, 2.24) is 10.6 Å². The fourth-order valence-electron chi connectivity index (χ4n) is 3.38. The molecular weight excluding hydrogens is 384 g/mol. The number of ether oxygens (including phenoxy) is 1. The van der Waals surface area contributed by atoms with Crippen LogP contribution < -0.4 is 10.6 Å². The lowest BCUT2D eigenvalue weighted by atomic mass is 10.0. The second-order valence-corrected chi connectivity index (χ2v) is 8.26. The molecule has 1 heterocycles. The van der Waals surface area contributed by atoms with E-state index >= 15 is 0 Å². The summed E-state index contributed by atoms with van der Waals surface area (Å²) in [5.74, 6) is 0.238. The lowest BCUT2D eigenvalue weighted by Crippen LogP contribution is -2.52. The van der Waals surface area contributed by atoms with Crippen LogP contribution in [0.1, 0.15) is 29.7 Å². The lowest BCUT2D eigenvalue weighted by molar-refractivity contribution is -0.146. The van der Waals surface area contributed by atoms with E-state index in [0.29, 0.717) is 25.3 Å². The normalized spacial score (nSPS) is 20.4. The zero-order valence-corrected chi connectivity index (χ0v) is 17.5. The molecule has 0 radical (unpaired) electrons. The van der Waals surface area contributed by atoms with Crippen molar-refractivity contribution in [1.29, 1.82) is 0 Å². The first-order chi connectivity index (χ1) is 14.2. The Morgan fingerprint density at radius 2 is 1.86 bits per heavy atom. The van der Waals surface area contributed by atoms with Crippen LogP contribution in [0.4, 0.5) is 0 Å². The molecular formula is C23H28N2O3S. The average Bonchev–Trinajstić information content (AvgIpc) is 2.94. The summed E-state index contributed by atoms with van der Waals surface area (Å²) in [5, 5.41) is 6.49. The Morgan fingerprint density at radius 1 is 1.17 bits per heavy atom. The van der Waals surface area contributed by atoms with Crippen molar-refractivity contribution in [2.75, 3.05) is 18.9 Å². The van der Waals surface area contributed by atoms with Crippen molar-refractivity contribution >= 4 is 23.6 Å². The third kappa shape index (κ3) is 6.34. The molecule has 2 N–H and O–H groups in total. The maximum atomic E-state index is 12.6. The monoisotopic (exact) mass is 412 g/mol. The largest absolute Gasteiger partial charge is 0.465 e. The molecule has 2 aromatic rings. The highest BCUT2D eigenvalue weighted by atomic mass is 32.2. The van der Waals surface area contributed by atoms with Gasteiger partial charge in [-0.3, -0.25) is 14.9 Å². The van der Waals surface area contributed by atoms with Gasteiger partial charge in [0.25, 0.3) is 0 Å². The fourth-order valence-corrected chi connectivity index (χ4v) is 4.60. The molecule has 0 bridgehead atoms. The average molecular weight is 413 g/mol. The summed E-state index contributed by atoms with van der Waals surface area (Å²) in [5.41, 5.74) is 2.36. The number of hydrogen-bond acceptors (Lipinski definition) is 5. The van der Waals surface area contributed by atoms with E-state index in [1.165, 1.54) is 5.56 Å². The maximum absolute atomic E-state index is 12.6. The molecule has 29 heavy (non-hydrogen) atoms. The molecule has 1 saturated heterocycles. The number of thioether (sulfide) groups is 1. The van der Waals surface area contributed by atoms with Gasteiger partial charge in [-0.2, -0.15) is 0 Å². The third-order valence-corrected chi connectivity index (χ3v) is 6.32. The molecule has 1 fully saturated rings. The van der Waals surface area contributed by atoms with Crippen LogP contribution in [0.5, 0.6) is 0 Å². The number of esters is 1. The Kier molecular flexibility index (Phi) is 8.14. The molecule has 6 heteroatoms. The minimum Gasteiger partial charge on any atom is -0.465 e. The zero-order valence-electron chi connectivity index (χ0n) is 16.7. The zero-order chi connectivity index (χ0) is 20.5.